The third-order valence-electron chi connectivity index (χ3n) is 4.31. The Morgan fingerprint density at radius 3 is 2.54 bits per heavy atom. The number of benzene rings is 1. The van der Waals surface area contributed by atoms with E-state index in [2.05, 4.69) is 15.2 Å². The molecule has 7 nitrogen and oxygen atoms in total. The van der Waals surface area contributed by atoms with E-state index in [1.165, 1.54) is 0 Å². The van der Waals surface area contributed by atoms with Crippen molar-refractivity contribution in [3.63, 3.8) is 0 Å². The second-order valence-corrected chi connectivity index (χ2v) is 5.87. The van der Waals surface area contributed by atoms with Gasteiger partial charge in [-0.2, -0.15) is 4.98 Å². The van der Waals surface area contributed by atoms with Gasteiger partial charge in [0.25, 0.3) is 0 Å². The number of nitrogens with one attached hydrogen (secondary N) is 1. The van der Waals surface area contributed by atoms with E-state index in [0.717, 1.165) is 60.3 Å². The van der Waals surface area contributed by atoms with Crippen LogP contribution in [-0.2, 0) is 7.05 Å². The number of aromatic nitrogens is 4. The van der Waals surface area contributed by atoms with Crippen LogP contribution in [-0.4, -0.2) is 52.8 Å². The summed E-state index contributed by atoms with van der Waals surface area (Å²) < 4.78 is 7.19. The molecule has 0 spiro atoms. The van der Waals surface area contributed by atoms with Crippen molar-refractivity contribution in [2.45, 2.75) is 0 Å². The average molecular weight is 324 g/mol. The summed E-state index contributed by atoms with van der Waals surface area (Å²) in [6.45, 7) is 3.71. The maximum absolute atomic E-state index is 5.25. The Balaban J connectivity index is 1.85. The minimum Gasteiger partial charge on any atom is -0.497 e. The molecule has 0 atom stereocenters. The van der Waals surface area contributed by atoms with Crippen LogP contribution >= 0.6 is 0 Å². The van der Waals surface area contributed by atoms with E-state index in [1.54, 1.807) is 13.4 Å². The lowest BCUT2D eigenvalue weighted by Crippen LogP contribution is -2.44. The number of aryl methyl sites for hydroxylation is 1. The Morgan fingerprint density at radius 1 is 1.08 bits per heavy atom. The van der Waals surface area contributed by atoms with Gasteiger partial charge in [-0.25, -0.2) is 9.97 Å². The van der Waals surface area contributed by atoms with Crippen molar-refractivity contribution in [1.82, 2.24) is 24.8 Å². The Kier molecular flexibility index (Phi) is 3.78. The van der Waals surface area contributed by atoms with Gasteiger partial charge in [0.1, 0.15) is 17.0 Å². The first-order chi connectivity index (χ1) is 11.8. The number of methoxy groups -OCH3 is 1. The zero-order valence-electron chi connectivity index (χ0n) is 13.9. The topological polar surface area (TPSA) is 68.1 Å². The number of hydrogen-bond donors (Lipinski definition) is 1. The second-order valence-electron chi connectivity index (χ2n) is 5.87. The first-order valence-electron chi connectivity index (χ1n) is 8.05. The zero-order valence-corrected chi connectivity index (χ0v) is 13.9. The summed E-state index contributed by atoms with van der Waals surface area (Å²) in [5.41, 5.74) is 3.54. The van der Waals surface area contributed by atoms with E-state index in [1.807, 2.05) is 35.9 Å². The SMILES string of the molecule is COc1ccc(-c2nc(N3CCNCC3)nc3c2ncn3C)cc1. The van der Waals surface area contributed by atoms with Crippen LogP contribution in [0.25, 0.3) is 22.4 Å². The molecule has 1 saturated heterocycles. The van der Waals surface area contributed by atoms with E-state index in [9.17, 15) is 0 Å². The van der Waals surface area contributed by atoms with Crippen LogP contribution in [0.2, 0.25) is 0 Å². The third kappa shape index (κ3) is 2.56. The lowest BCUT2D eigenvalue weighted by molar-refractivity contribution is 0.415. The van der Waals surface area contributed by atoms with Crippen LogP contribution in [0.5, 0.6) is 5.75 Å². The smallest absolute Gasteiger partial charge is 0.228 e. The van der Waals surface area contributed by atoms with Crippen molar-refractivity contribution in [2.24, 2.45) is 7.05 Å². The van der Waals surface area contributed by atoms with Gasteiger partial charge in [0.15, 0.2) is 5.65 Å². The number of piperazine rings is 1. The van der Waals surface area contributed by atoms with Gasteiger partial charge in [0.2, 0.25) is 5.95 Å². The lowest BCUT2D eigenvalue weighted by atomic mass is 10.1. The van der Waals surface area contributed by atoms with E-state index in [4.69, 9.17) is 14.7 Å². The Hall–Kier alpha value is -2.67. The number of anilines is 1. The summed E-state index contributed by atoms with van der Waals surface area (Å²) in [6, 6.07) is 7.90. The summed E-state index contributed by atoms with van der Waals surface area (Å²) in [5, 5.41) is 3.36. The van der Waals surface area contributed by atoms with Gasteiger partial charge in [0, 0.05) is 38.8 Å². The largest absolute Gasteiger partial charge is 0.497 e. The highest BCUT2D eigenvalue weighted by molar-refractivity contribution is 5.88. The molecule has 0 aliphatic carbocycles. The molecule has 2 aromatic heterocycles. The molecule has 1 aromatic carbocycles. The van der Waals surface area contributed by atoms with Crippen molar-refractivity contribution in [3.05, 3.63) is 30.6 Å². The number of imidazole rings is 1. The summed E-state index contributed by atoms with van der Waals surface area (Å²) in [6.07, 6.45) is 1.79. The van der Waals surface area contributed by atoms with E-state index in [0.29, 0.717) is 0 Å². The number of ether oxygens (including phenoxy) is 1. The maximum atomic E-state index is 5.25. The van der Waals surface area contributed by atoms with Crippen LogP contribution in [0.15, 0.2) is 30.6 Å². The molecule has 0 unspecified atom stereocenters. The second kappa shape index (κ2) is 6.09. The van der Waals surface area contributed by atoms with Crippen LogP contribution < -0.4 is 15.0 Å². The van der Waals surface area contributed by atoms with E-state index >= 15 is 0 Å². The molecule has 1 fully saturated rings. The quantitative estimate of drug-likeness (QED) is 0.786. The fraction of sp³-hybridized carbons (Fsp3) is 0.353. The molecular weight excluding hydrogens is 304 g/mol. The first kappa shape index (κ1) is 14.9. The maximum Gasteiger partial charge on any atom is 0.228 e. The summed E-state index contributed by atoms with van der Waals surface area (Å²) in [5.74, 6) is 1.59. The molecule has 124 valence electrons. The van der Waals surface area contributed by atoms with E-state index in [-0.39, 0.29) is 0 Å². The van der Waals surface area contributed by atoms with Crippen molar-refractivity contribution in [3.8, 4) is 17.0 Å². The predicted octanol–water partition coefficient (Wildman–Crippen LogP) is 1.45. The summed E-state index contributed by atoms with van der Waals surface area (Å²) >= 11 is 0. The van der Waals surface area contributed by atoms with Gasteiger partial charge < -0.3 is 19.5 Å². The van der Waals surface area contributed by atoms with Gasteiger partial charge in [0.05, 0.1) is 13.4 Å². The molecule has 0 bridgehead atoms. The molecule has 4 rings (SSSR count). The van der Waals surface area contributed by atoms with E-state index < -0.39 is 0 Å². The Morgan fingerprint density at radius 2 is 1.83 bits per heavy atom. The molecular formula is C17H20N6O. The summed E-state index contributed by atoms with van der Waals surface area (Å²) in [7, 11) is 3.63. The average Bonchev–Trinajstić information content (AvgIpc) is 3.03. The normalized spacial score (nSPS) is 15.0. The molecule has 3 heterocycles. The Bertz CT molecular complexity index is 851. The van der Waals surface area contributed by atoms with Gasteiger partial charge >= 0.3 is 0 Å². The summed E-state index contributed by atoms with van der Waals surface area (Å²) in [4.78, 5) is 16.3. The number of hydrogen-bond acceptors (Lipinski definition) is 6. The molecule has 0 saturated carbocycles. The zero-order chi connectivity index (χ0) is 16.5. The van der Waals surface area contributed by atoms with Crippen LogP contribution in [0.4, 0.5) is 5.95 Å². The van der Waals surface area contributed by atoms with Crippen LogP contribution in [0.1, 0.15) is 0 Å². The van der Waals surface area contributed by atoms with Crippen molar-refractivity contribution in [2.75, 3.05) is 38.2 Å². The molecule has 7 heteroatoms. The molecule has 1 aliphatic heterocycles. The highest BCUT2D eigenvalue weighted by atomic mass is 16.5. The van der Waals surface area contributed by atoms with Crippen molar-refractivity contribution in [1.29, 1.82) is 0 Å². The van der Waals surface area contributed by atoms with Crippen molar-refractivity contribution >= 4 is 17.1 Å². The molecule has 1 aliphatic rings. The monoisotopic (exact) mass is 324 g/mol. The fourth-order valence-electron chi connectivity index (χ4n) is 2.95. The number of rotatable bonds is 3. The minimum atomic E-state index is 0.762. The predicted molar refractivity (Wildman–Crippen MR) is 93.4 cm³/mol. The van der Waals surface area contributed by atoms with Gasteiger partial charge in [-0.3, -0.25) is 0 Å². The minimum absolute atomic E-state index is 0.762. The molecule has 3 aromatic rings. The third-order valence-corrected chi connectivity index (χ3v) is 4.31. The van der Waals surface area contributed by atoms with Crippen LogP contribution in [0.3, 0.4) is 0 Å². The number of nitrogens with zero attached hydrogens (tertiary/aromatic N) is 5. The van der Waals surface area contributed by atoms with Gasteiger partial charge in [-0.1, -0.05) is 0 Å². The first-order valence-corrected chi connectivity index (χ1v) is 8.05. The molecule has 24 heavy (non-hydrogen) atoms. The van der Waals surface area contributed by atoms with Gasteiger partial charge in [-0.05, 0) is 24.3 Å². The van der Waals surface area contributed by atoms with Crippen molar-refractivity contribution < 1.29 is 4.74 Å². The Labute approximate surface area is 140 Å². The highest BCUT2D eigenvalue weighted by Gasteiger charge is 2.19. The van der Waals surface area contributed by atoms with Crippen LogP contribution in [0, 0.1) is 0 Å². The molecule has 1 N–H and O–H groups in total. The molecule has 0 radical (unpaired) electrons. The highest BCUT2D eigenvalue weighted by Crippen LogP contribution is 2.28. The standard InChI is InChI=1S/C17H20N6O/c1-22-11-19-15-14(12-3-5-13(24-2)6-4-12)20-17(21-16(15)22)23-9-7-18-8-10-23/h3-6,11,18H,7-10H2,1-2H3. The number of fused-ring (bicyclic) bond motifs is 1. The van der Waals surface area contributed by atoms with Gasteiger partial charge in [-0.15, -0.1) is 0 Å². The fourth-order valence-corrected chi connectivity index (χ4v) is 2.95. The lowest BCUT2D eigenvalue weighted by Gasteiger charge is -2.27. The molecule has 0 amide bonds.